The molecule has 1 atom stereocenters. The van der Waals surface area contributed by atoms with Crippen LogP contribution in [0.4, 0.5) is 13.6 Å². The Morgan fingerprint density at radius 3 is 2.44 bits per heavy atom. The van der Waals surface area contributed by atoms with Gasteiger partial charge in [0.05, 0.1) is 6.54 Å². The van der Waals surface area contributed by atoms with E-state index < -0.39 is 12.0 Å². The molecular formula is C12H22F2N2O2. The van der Waals surface area contributed by atoms with E-state index in [1.807, 2.05) is 6.92 Å². The summed E-state index contributed by atoms with van der Waals surface area (Å²) in [6.45, 7) is 8.37. The van der Waals surface area contributed by atoms with Gasteiger partial charge in [0.2, 0.25) is 0 Å². The van der Waals surface area contributed by atoms with E-state index in [0.29, 0.717) is 19.6 Å². The van der Waals surface area contributed by atoms with E-state index in [1.165, 1.54) is 0 Å². The number of ether oxygens (including phenoxy) is 1. The summed E-state index contributed by atoms with van der Waals surface area (Å²) in [5.41, 5.74) is -0.527. The molecule has 1 aliphatic heterocycles. The third-order valence-corrected chi connectivity index (χ3v) is 2.79. The Balaban J connectivity index is 2.48. The van der Waals surface area contributed by atoms with Gasteiger partial charge in [-0.2, -0.15) is 0 Å². The molecule has 0 saturated carbocycles. The maximum atomic E-state index is 12.3. The highest BCUT2D eigenvalue weighted by molar-refractivity contribution is 5.68. The van der Waals surface area contributed by atoms with Gasteiger partial charge in [0.1, 0.15) is 5.60 Å². The van der Waals surface area contributed by atoms with E-state index in [9.17, 15) is 13.6 Å². The summed E-state index contributed by atoms with van der Waals surface area (Å²) < 4.78 is 29.9. The topological polar surface area (TPSA) is 32.8 Å². The Labute approximate surface area is 107 Å². The molecule has 0 aromatic rings. The number of halogens is 2. The van der Waals surface area contributed by atoms with Crippen LogP contribution in [0.2, 0.25) is 0 Å². The highest BCUT2D eigenvalue weighted by Gasteiger charge is 2.30. The molecule has 0 spiro atoms. The minimum Gasteiger partial charge on any atom is -0.444 e. The lowest BCUT2D eigenvalue weighted by atomic mass is 10.2. The number of rotatable bonds is 2. The van der Waals surface area contributed by atoms with Gasteiger partial charge in [-0.05, 0) is 27.7 Å². The summed E-state index contributed by atoms with van der Waals surface area (Å²) in [5.74, 6) is 0. The van der Waals surface area contributed by atoms with E-state index in [2.05, 4.69) is 0 Å². The Bertz CT molecular complexity index is 292. The Morgan fingerprint density at radius 1 is 1.39 bits per heavy atom. The smallest absolute Gasteiger partial charge is 0.410 e. The van der Waals surface area contributed by atoms with Crippen LogP contribution < -0.4 is 0 Å². The normalized spacial score (nSPS) is 22.4. The van der Waals surface area contributed by atoms with Gasteiger partial charge in [0, 0.05) is 25.7 Å². The second kappa shape index (κ2) is 5.82. The van der Waals surface area contributed by atoms with Crippen molar-refractivity contribution >= 4 is 6.09 Å². The SMILES string of the molecule is CC1CN(C(=O)OC(C)(C)C)CCN1CC(F)F. The molecule has 18 heavy (non-hydrogen) atoms. The van der Waals surface area contributed by atoms with Crippen molar-refractivity contribution in [3.05, 3.63) is 0 Å². The zero-order valence-electron chi connectivity index (χ0n) is 11.4. The molecule has 0 aromatic heterocycles. The van der Waals surface area contributed by atoms with E-state index >= 15 is 0 Å². The number of amides is 1. The molecule has 4 nitrogen and oxygen atoms in total. The lowest BCUT2D eigenvalue weighted by Gasteiger charge is -2.39. The number of nitrogens with zero attached hydrogens (tertiary/aromatic N) is 2. The highest BCUT2D eigenvalue weighted by Crippen LogP contribution is 2.15. The van der Waals surface area contributed by atoms with Crippen molar-refractivity contribution in [1.29, 1.82) is 0 Å². The molecule has 1 amide bonds. The van der Waals surface area contributed by atoms with Crippen LogP contribution in [0.25, 0.3) is 0 Å². The largest absolute Gasteiger partial charge is 0.444 e. The lowest BCUT2D eigenvalue weighted by molar-refractivity contribution is -0.00522. The molecule has 0 radical (unpaired) electrons. The van der Waals surface area contributed by atoms with Gasteiger partial charge in [-0.15, -0.1) is 0 Å². The number of carbonyl (C=O) groups excluding carboxylic acids is 1. The minimum absolute atomic E-state index is 0.0692. The van der Waals surface area contributed by atoms with Crippen LogP contribution in [0.15, 0.2) is 0 Å². The first-order chi connectivity index (χ1) is 8.19. The van der Waals surface area contributed by atoms with Crippen molar-refractivity contribution in [2.75, 3.05) is 26.2 Å². The standard InChI is InChI=1S/C12H22F2N2O2/c1-9-7-16(11(17)18-12(2,3)4)6-5-15(9)8-10(13)14/h9-10H,5-8H2,1-4H3. The fraction of sp³-hybridized carbons (Fsp3) is 0.917. The maximum Gasteiger partial charge on any atom is 0.410 e. The van der Waals surface area contributed by atoms with E-state index in [1.54, 1.807) is 30.6 Å². The summed E-state index contributed by atoms with van der Waals surface area (Å²) >= 11 is 0. The molecule has 1 saturated heterocycles. The Hall–Kier alpha value is -0.910. The van der Waals surface area contributed by atoms with Crippen molar-refractivity contribution < 1.29 is 18.3 Å². The Morgan fingerprint density at radius 2 is 2.00 bits per heavy atom. The van der Waals surface area contributed by atoms with Crippen LogP contribution >= 0.6 is 0 Å². The summed E-state index contributed by atoms with van der Waals surface area (Å²) in [7, 11) is 0. The summed E-state index contributed by atoms with van der Waals surface area (Å²) in [6.07, 6.45) is -2.70. The van der Waals surface area contributed by atoms with Crippen molar-refractivity contribution in [3.8, 4) is 0 Å². The van der Waals surface area contributed by atoms with Crippen molar-refractivity contribution in [3.63, 3.8) is 0 Å². The van der Waals surface area contributed by atoms with Gasteiger partial charge in [0.25, 0.3) is 6.43 Å². The van der Waals surface area contributed by atoms with E-state index in [-0.39, 0.29) is 18.7 Å². The third kappa shape index (κ3) is 4.76. The van der Waals surface area contributed by atoms with Gasteiger partial charge in [-0.3, -0.25) is 4.90 Å². The number of carbonyl (C=O) groups is 1. The molecule has 1 unspecified atom stereocenters. The highest BCUT2D eigenvalue weighted by atomic mass is 19.3. The molecule has 106 valence electrons. The molecule has 1 fully saturated rings. The van der Waals surface area contributed by atoms with Gasteiger partial charge >= 0.3 is 6.09 Å². The summed E-state index contributed by atoms with van der Waals surface area (Å²) in [5, 5.41) is 0. The maximum absolute atomic E-state index is 12.3. The van der Waals surface area contributed by atoms with Gasteiger partial charge in [0.15, 0.2) is 0 Å². The number of hydrogen-bond acceptors (Lipinski definition) is 3. The molecule has 1 aliphatic rings. The second-order valence-corrected chi connectivity index (χ2v) is 5.66. The Kier molecular flexibility index (Phi) is 4.90. The number of piperazine rings is 1. The lowest BCUT2D eigenvalue weighted by Crippen LogP contribution is -2.55. The van der Waals surface area contributed by atoms with Crippen LogP contribution in [0.3, 0.4) is 0 Å². The molecule has 0 aromatic carbocycles. The predicted octanol–water partition coefficient (Wildman–Crippen LogP) is 2.19. The van der Waals surface area contributed by atoms with Gasteiger partial charge in [-0.1, -0.05) is 0 Å². The first-order valence-corrected chi connectivity index (χ1v) is 6.19. The van der Waals surface area contributed by atoms with Crippen LogP contribution in [-0.2, 0) is 4.74 Å². The molecular weight excluding hydrogens is 242 g/mol. The molecule has 0 N–H and O–H groups in total. The zero-order chi connectivity index (χ0) is 13.9. The van der Waals surface area contributed by atoms with Crippen LogP contribution in [0.1, 0.15) is 27.7 Å². The van der Waals surface area contributed by atoms with Gasteiger partial charge in [-0.25, -0.2) is 13.6 Å². The minimum atomic E-state index is -2.33. The third-order valence-electron chi connectivity index (χ3n) is 2.79. The molecule has 0 bridgehead atoms. The summed E-state index contributed by atoms with van der Waals surface area (Å²) in [4.78, 5) is 15.1. The average molecular weight is 264 g/mol. The first-order valence-electron chi connectivity index (χ1n) is 6.19. The molecule has 0 aliphatic carbocycles. The fourth-order valence-electron chi connectivity index (χ4n) is 1.94. The molecule has 1 rings (SSSR count). The van der Waals surface area contributed by atoms with E-state index in [0.717, 1.165) is 0 Å². The van der Waals surface area contributed by atoms with Crippen LogP contribution in [-0.4, -0.2) is 60.1 Å². The van der Waals surface area contributed by atoms with Crippen LogP contribution in [0.5, 0.6) is 0 Å². The summed E-state index contributed by atoms with van der Waals surface area (Å²) in [6, 6.07) is -0.0692. The van der Waals surface area contributed by atoms with Crippen LogP contribution in [0, 0.1) is 0 Å². The molecule has 1 heterocycles. The monoisotopic (exact) mass is 264 g/mol. The van der Waals surface area contributed by atoms with Crippen molar-refractivity contribution in [2.45, 2.75) is 45.8 Å². The van der Waals surface area contributed by atoms with Crippen molar-refractivity contribution in [1.82, 2.24) is 9.80 Å². The average Bonchev–Trinajstić information content (AvgIpc) is 2.17. The molecule has 6 heteroatoms. The predicted molar refractivity (Wildman–Crippen MR) is 64.8 cm³/mol. The fourth-order valence-corrected chi connectivity index (χ4v) is 1.94. The van der Waals surface area contributed by atoms with Gasteiger partial charge < -0.3 is 9.64 Å². The second-order valence-electron chi connectivity index (χ2n) is 5.66. The first kappa shape index (κ1) is 15.1. The number of hydrogen-bond donors (Lipinski definition) is 0. The van der Waals surface area contributed by atoms with Crippen molar-refractivity contribution in [2.24, 2.45) is 0 Å². The number of alkyl halides is 2. The quantitative estimate of drug-likeness (QED) is 0.766. The zero-order valence-corrected chi connectivity index (χ0v) is 11.4. The van der Waals surface area contributed by atoms with E-state index in [4.69, 9.17) is 4.74 Å².